The van der Waals surface area contributed by atoms with Crippen molar-refractivity contribution in [1.29, 1.82) is 5.26 Å². The van der Waals surface area contributed by atoms with E-state index < -0.39 is 11.2 Å². The lowest BCUT2D eigenvalue weighted by atomic mass is 10.1. The number of nitrogens with one attached hydrogen (secondary N) is 1. The topological polar surface area (TPSA) is 109 Å². The predicted molar refractivity (Wildman–Crippen MR) is 109 cm³/mol. The molecule has 28 heavy (non-hydrogen) atoms. The zero-order valence-electron chi connectivity index (χ0n) is 15.7. The lowest BCUT2D eigenvalue weighted by Crippen LogP contribution is -2.25. The number of hydrogen-bond acceptors (Lipinski definition) is 5. The van der Waals surface area contributed by atoms with Gasteiger partial charge in [-0.1, -0.05) is 30.3 Å². The molecule has 1 aromatic heterocycles. The summed E-state index contributed by atoms with van der Waals surface area (Å²) in [5.74, 6) is -0.880. The molecule has 1 atom stereocenters. The summed E-state index contributed by atoms with van der Waals surface area (Å²) in [6.45, 7) is 1.75. The van der Waals surface area contributed by atoms with E-state index in [2.05, 4.69) is 11.4 Å². The second-order valence-electron chi connectivity index (χ2n) is 6.78. The van der Waals surface area contributed by atoms with Gasteiger partial charge in [-0.25, -0.2) is 4.98 Å². The van der Waals surface area contributed by atoms with Crippen molar-refractivity contribution in [1.82, 2.24) is 4.98 Å². The Morgan fingerprint density at radius 2 is 2.00 bits per heavy atom. The van der Waals surface area contributed by atoms with Crippen LogP contribution in [0.25, 0.3) is 0 Å². The Balaban J connectivity index is 1.78. The average Bonchev–Trinajstić information content (AvgIpc) is 2.92. The lowest BCUT2D eigenvalue weighted by molar-refractivity contribution is -0.115. The molecule has 1 aliphatic rings. The van der Waals surface area contributed by atoms with Crippen LogP contribution in [-0.2, 0) is 17.6 Å². The molecule has 6 nitrogen and oxygen atoms in total. The molecular weight excluding hydrogens is 372 g/mol. The largest absolute Gasteiger partial charge is 0.366 e. The van der Waals surface area contributed by atoms with Crippen molar-refractivity contribution in [3.05, 3.63) is 52.7 Å². The fraction of sp³-hybridized carbons (Fsp3) is 0.333. The third-order valence-electron chi connectivity index (χ3n) is 4.74. The number of para-hydroxylation sites is 1. The van der Waals surface area contributed by atoms with Gasteiger partial charge in [0.25, 0.3) is 5.91 Å². The monoisotopic (exact) mass is 394 g/mol. The van der Waals surface area contributed by atoms with Crippen molar-refractivity contribution in [3.8, 4) is 6.07 Å². The summed E-state index contributed by atoms with van der Waals surface area (Å²) in [4.78, 5) is 28.9. The number of amides is 2. The fourth-order valence-electron chi connectivity index (χ4n) is 3.22. The Kier molecular flexibility index (Phi) is 6.32. The molecule has 0 radical (unpaired) electrons. The summed E-state index contributed by atoms with van der Waals surface area (Å²) < 4.78 is 0. The zero-order chi connectivity index (χ0) is 20.1. The van der Waals surface area contributed by atoms with Gasteiger partial charge in [-0.3, -0.25) is 9.59 Å². The maximum Gasteiger partial charge on any atom is 0.250 e. The van der Waals surface area contributed by atoms with Crippen molar-refractivity contribution < 1.29 is 9.59 Å². The molecule has 2 amide bonds. The Labute approximate surface area is 168 Å². The number of pyridine rings is 1. The van der Waals surface area contributed by atoms with Crippen LogP contribution in [0.2, 0.25) is 0 Å². The van der Waals surface area contributed by atoms with Crippen LogP contribution in [0.5, 0.6) is 0 Å². The number of benzene rings is 1. The molecule has 1 aromatic carbocycles. The highest BCUT2D eigenvalue weighted by atomic mass is 32.2. The number of carbonyl (C=O) groups excluding carboxylic acids is 2. The maximum absolute atomic E-state index is 12.6. The fourth-order valence-corrected chi connectivity index (χ4v) is 4.12. The van der Waals surface area contributed by atoms with E-state index in [-0.39, 0.29) is 11.5 Å². The molecule has 0 saturated carbocycles. The second-order valence-corrected chi connectivity index (χ2v) is 8.11. The number of fused-ring (bicyclic) bond motifs is 1. The number of aromatic nitrogens is 1. The summed E-state index contributed by atoms with van der Waals surface area (Å²) in [6.07, 6.45) is 5.22. The molecule has 1 unspecified atom stereocenters. The van der Waals surface area contributed by atoms with Crippen LogP contribution in [0.15, 0.2) is 35.4 Å². The van der Waals surface area contributed by atoms with Gasteiger partial charge in [-0.05, 0) is 56.4 Å². The maximum atomic E-state index is 12.6. The molecule has 0 bridgehead atoms. The first-order chi connectivity index (χ1) is 13.5. The minimum atomic E-state index is -0.601. The van der Waals surface area contributed by atoms with E-state index in [1.165, 1.54) is 18.2 Å². The Morgan fingerprint density at radius 3 is 2.75 bits per heavy atom. The van der Waals surface area contributed by atoms with Crippen molar-refractivity contribution >= 4 is 29.3 Å². The van der Waals surface area contributed by atoms with Gasteiger partial charge in [-0.2, -0.15) is 5.26 Å². The van der Waals surface area contributed by atoms with E-state index in [4.69, 9.17) is 10.7 Å². The van der Waals surface area contributed by atoms with Gasteiger partial charge < -0.3 is 11.1 Å². The third-order valence-corrected chi connectivity index (χ3v) is 5.85. The average molecular weight is 395 g/mol. The third kappa shape index (κ3) is 4.52. The van der Waals surface area contributed by atoms with Crippen LogP contribution in [0, 0.1) is 11.3 Å². The normalized spacial score (nSPS) is 14.3. The lowest BCUT2D eigenvalue weighted by Gasteiger charge is -2.15. The van der Waals surface area contributed by atoms with Crippen LogP contribution in [0.4, 0.5) is 5.69 Å². The van der Waals surface area contributed by atoms with Gasteiger partial charge in [0.05, 0.1) is 22.1 Å². The first-order valence-corrected chi connectivity index (χ1v) is 10.2. The molecular formula is C21H22N4O2S. The highest BCUT2D eigenvalue weighted by molar-refractivity contribution is 8.00. The van der Waals surface area contributed by atoms with Gasteiger partial charge in [-0.15, -0.1) is 0 Å². The molecule has 1 heterocycles. The molecule has 144 valence electrons. The van der Waals surface area contributed by atoms with Crippen molar-refractivity contribution in [2.24, 2.45) is 5.73 Å². The van der Waals surface area contributed by atoms with E-state index in [9.17, 15) is 14.9 Å². The molecule has 3 N–H and O–H groups in total. The van der Waals surface area contributed by atoms with Gasteiger partial charge in [0.1, 0.15) is 11.1 Å². The number of carbonyl (C=O) groups is 2. The van der Waals surface area contributed by atoms with Crippen LogP contribution in [0.3, 0.4) is 0 Å². The number of hydrogen-bond donors (Lipinski definition) is 2. The number of thioether (sulfide) groups is 1. The summed E-state index contributed by atoms with van der Waals surface area (Å²) in [5.41, 5.74) is 8.68. The van der Waals surface area contributed by atoms with E-state index in [0.29, 0.717) is 16.3 Å². The molecule has 7 heteroatoms. The van der Waals surface area contributed by atoms with Gasteiger partial charge >= 0.3 is 0 Å². The highest BCUT2D eigenvalue weighted by Crippen LogP contribution is 2.30. The van der Waals surface area contributed by atoms with Crippen molar-refractivity contribution in [2.75, 3.05) is 5.32 Å². The number of anilines is 1. The molecule has 0 spiro atoms. The number of rotatable bonds is 5. The Hall–Kier alpha value is -2.85. The number of nitrogens with zero attached hydrogens (tertiary/aromatic N) is 2. The Bertz CT molecular complexity index is 952. The van der Waals surface area contributed by atoms with E-state index in [0.717, 1.165) is 36.9 Å². The SMILES string of the molecule is CC(Sc1nc2c(cc1C#N)CCCCC2)C(=O)Nc1ccccc1C(N)=O. The summed E-state index contributed by atoms with van der Waals surface area (Å²) >= 11 is 1.25. The van der Waals surface area contributed by atoms with E-state index in [1.54, 1.807) is 31.2 Å². The van der Waals surface area contributed by atoms with Crippen LogP contribution >= 0.6 is 11.8 Å². The van der Waals surface area contributed by atoms with Gasteiger partial charge in [0.15, 0.2) is 0 Å². The van der Waals surface area contributed by atoms with Gasteiger partial charge in [0, 0.05) is 5.69 Å². The van der Waals surface area contributed by atoms with E-state index >= 15 is 0 Å². The number of primary amides is 1. The smallest absolute Gasteiger partial charge is 0.250 e. The van der Waals surface area contributed by atoms with Crippen molar-refractivity contribution in [2.45, 2.75) is 49.3 Å². The molecule has 0 saturated heterocycles. The minimum Gasteiger partial charge on any atom is -0.366 e. The standard InChI is InChI=1S/C21H22N4O2S/c1-13(20(27)24-18-10-6-5-8-16(18)19(23)26)28-21-15(12-22)11-14-7-3-2-4-9-17(14)25-21/h5-6,8,10-11,13H,2-4,7,9H2,1H3,(H2,23,26)(H,24,27). The van der Waals surface area contributed by atoms with Gasteiger partial charge in [0.2, 0.25) is 5.91 Å². The first kappa shape index (κ1) is 19.9. The van der Waals surface area contributed by atoms with Crippen LogP contribution < -0.4 is 11.1 Å². The molecule has 0 fully saturated rings. The summed E-state index contributed by atoms with van der Waals surface area (Å²) in [6, 6.07) is 10.7. The molecule has 1 aliphatic carbocycles. The molecule has 0 aliphatic heterocycles. The first-order valence-electron chi connectivity index (χ1n) is 9.29. The number of nitriles is 1. The molecule has 2 aromatic rings. The molecule has 3 rings (SSSR count). The second kappa shape index (κ2) is 8.89. The predicted octanol–water partition coefficient (Wildman–Crippen LogP) is 3.44. The zero-order valence-corrected chi connectivity index (χ0v) is 16.5. The number of nitrogens with two attached hydrogens (primary N) is 1. The van der Waals surface area contributed by atoms with E-state index in [1.807, 2.05) is 6.07 Å². The quantitative estimate of drug-likeness (QED) is 0.596. The highest BCUT2D eigenvalue weighted by Gasteiger charge is 2.21. The Morgan fingerprint density at radius 1 is 1.25 bits per heavy atom. The number of aryl methyl sites for hydroxylation is 2. The summed E-state index contributed by atoms with van der Waals surface area (Å²) in [5, 5.41) is 12.4. The van der Waals surface area contributed by atoms with Crippen LogP contribution in [-0.4, -0.2) is 22.0 Å². The summed E-state index contributed by atoms with van der Waals surface area (Å²) in [7, 11) is 0. The van der Waals surface area contributed by atoms with Crippen molar-refractivity contribution in [3.63, 3.8) is 0 Å². The minimum absolute atomic E-state index is 0.258. The van der Waals surface area contributed by atoms with Crippen LogP contribution in [0.1, 0.15) is 53.4 Å².